The van der Waals surface area contributed by atoms with Gasteiger partial charge in [-0.15, -0.1) is 0 Å². The third-order valence-electron chi connectivity index (χ3n) is 5.66. The first-order chi connectivity index (χ1) is 13.7. The van der Waals surface area contributed by atoms with Crippen LogP contribution in [0.4, 0.5) is 0 Å². The minimum atomic E-state index is -0.275. The van der Waals surface area contributed by atoms with Crippen molar-refractivity contribution in [3.8, 4) is 0 Å². The van der Waals surface area contributed by atoms with E-state index >= 15 is 0 Å². The molecule has 1 N–H and O–H groups in total. The van der Waals surface area contributed by atoms with Gasteiger partial charge in [-0.2, -0.15) is 0 Å². The number of hydrogen-bond donors (Lipinski definition) is 1. The Balaban J connectivity index is 1.44. The number of benzene rings is 1. The standard InChI is InChI=1S/C22H31N3O4/c1-15-12-24(13-16(2)29-15)22(3,4)14-23-19(26)10-7-11-25-20(27)17-8-5-6-9-18(17)21(25)28/h5-6,8-9,15-16H,7,10-14H2,1-4H3,(H,23,26)/t15-,16+. The van der Waals surface area contributed by atoms with E-state index in [1.54, 1.807) is 24.3 Å². The predicted molar refractivity (Wildman–Crippen MR) is 110 cm³/mol. The van der Waals surface area contributed by atoms with E-state index in [2.05, 4.69) is 37.9 Å². The van der Waals surface area contributed by atoms with Crippen LogP contribution in [0.3, 0.4) is 0 Å². The Bertz CT molecular complexity index is 747. The summed E-state index contributed by atoms with van der Waals surface area (Å²) in [5.74, 6) is -0.616. The third kappa shape index (κ3) is 4.85. The fourth-order valence-electron chi connectivity index (χ4n) is 4.03. The van der Waals surface area contributed by atoms with Gasteiger partial charge in [0.25, 0.3) is 11.8 Å². The summed E-state index contributed by atoms with van der Waals surface area (Å²) < 4.78 is 5.79. The molecule has 1 aromatic carbocycles. The van der Waals surface area contributed by atoms with Crippen molar-refractivity contribution in [1.29, 1.82) is 0 Å². The van der Waals surface area contributed by atoms with Gasteiger partial charge in [-0.25, -0.2) is 0 Å². The molecule has 1 aromatic rings. The van der Waals surface area contributed by atoms with Crippen LogP contribution in [0.2, 0.25) is 0 Å². The first-order valence-corrected chi connectivity index (χ1v) is 10.3. The Kier molecular flexibility index (Phi) is 6.39. The van der Waals surface area contributed by atoms with Crippen molar-refractivity contribution in [2.24, 2.45) is 0 Å². The lowest BCUT2D eigenvalue weighted by atomic mass is 10.00. The summed E-state index contributed by atoms with van der Waals surface area (Å²) in [5.41, 5.74) is 0.708. The second-order valence-electron chi connectivity index (χ2n) is 8.66. The second-order valence-corrected chi connectivity index (χ2v) is 8.66. The van der Waals surface area contributed by atoms with E-state index in [-0.39, 0.29) is 48.4 Å². The predicted octanol–water partition coefficient (Wildman–Crippen LogP) is 2.07. The Labute approximate surface area is 172 Å². The average molecular weight is 402 g/mol. The zero-order chi connectivity index (χ0) is 21.2. The Morgan fingerprint density at radius 1 is 1.10 bits per heavy atom. The molecular formula is C22H31N3O4. The molecule has 3 rings (SSSR count). The number of fused-ring (bicyclic) bond motifs is 1. The summed E-state index contributed by atoms with van der Waals surface area (Å²) >= 11 is 0. The maximum Gasteiger partial charge on any atom is 0.261 e. The van der Waals surface area contributed by atoms with E-state index in [0.717, 1.165) is 13.1 Å². The molecule has 1 fully saturated rings. The van der Waals surface area contributed by atoms with Crippen molar-refractivity contribution < 1.29 is 19.1 Å². The van der Waals surface area contributed by atoms with Crippen LogP contribution in [0.15, 0.2) is 24.3 Å². The van der Waals surface area contributed by atoms with Crippen LogP contribution in [-0.4, -0.2) is 71.4 Å². The molecular weight excluding hydrogens is 370 g/mol. The molecule has 0 aromatic heterocycles. The Morgan fingerprint density at radius 2 is 1.66 bits per heavy atom. The lowest BCUT2D eigenvalue weighted by molar-refractivity contribution is -0.123. The van der Waals surface area contributed by atoms with Gasteiger partial charge in [0, 0.05) is 38.1 Å². The van der Waals surface area contributed by atoms with Crippen LogP contribution in [0.25, 0.3) is 0 Å². The minimum absolute atomic E-state index is 0.0657. The molecule has 2 aliphatic heterocycles. The summed E-state index contributed by atoms with van der Waals surface area (Å²) in [4.78, 5) is 40.6. The summed E-state index contributed by atoms with van der Waals surface area (Å²) in [6, 6.07) is 6.83. The summed E-state index contributed by atoms with van der Waals surface area (Å²) in [6.07, 6.45) is 1.07. The quantitative estimate of drug-likeness (QED) is 0.708. The van der Waals surface area contributed by atoms with Gasteiger partial charge in [0.15, 0.2) is 0 Å². The smallest absolute Gasteiger partial charge is 0.261 e. The number of nitrogens with zero attached hydrogens (tertiary/aromatic N) is 2. The highest BCUT2D eigenvalue weighted by atomic mass is 16.5. The maximum absolute atomic E-state index is 12.4. The van der Waals surface area contributed by atoms with E-state index in [1.165, 1.54) is 4.90 Å². The number of imide groups is 1. The maximum atomic E-state index is 12.4. The lowest BCUT2D eigenvalue weighted by Crippen LogP contribution is -2.58. The number of carbonyl (C=O) groups is 3. The Morgan fingerprint density at radius 3 is 2.21 bits per heavy atom. The third-order valence-corrected chi connectivity index (χ3v) is 5.66. The lowest BCUT2D eigenvalue weighted by Gasteiger charge is -2.45. The molecule has 1 saturated heterocycles. The van der Waals surface area contributed by atoms with Gasteiger partial charge >= 0.3 is 0 Å². The number of morpholine rings is 1. The van der Waals surface area contributed by atoms with E-state index in [1.807, 2.05) is 0 Å². The molecule has 0 bridgehead atoms. The van der Waals surface area contributed by atoms with E-state index in [9.17, 15) is 14.4 Å². The molecule has 0 aliphatic carbocycles. The highest BCUT2D eigenvalue weighted by Crippen LogP contribution is 2.23. The molecule has 2 aliphatic rings. The molecule has 2 atom stereocenters. The molecule has 7 nitrogen and oxygen atoms in total. The Hall–Kier alpha value is -2.25. The fourth-order valence-corrected chi connectivity index (χ4v) is 4.03. The van der Waals surface area contributed by atoms with Crippen LogP contribution < -0.4 is 5.32 Å². The molecule has 29 heavy (non-hydrogen) atoms. The van der Waals surface area contributed by atoms with E-state index < -0.39 is 0 Å². The fraction of sp³-hybridized carbons (Fsp3) is 0.591. The van der Waals surface area contributed by atoms with E-state index in [4.69, 9.17) is 4.74 Å². The monoisotopic (exact) mass is 401 g/mol. The normalized spacial score (nSPS) is 22.7. The van der Waals surface area contributed by atoms with Gasteiger partial charge in [-0.05, 0) is 46.2 Å². The topological polar surface area (TPSA) is 79.0 Å². The van der Waals surface area contributed by atoms with Gasteiger partial charge < -0.3 is 10.1 Å². The zero-order valence-corrected chi connectivity index (χ0v) is 17.7. The van der Waals surface area contributed by atoms with Crippen molar-refractivity contribution in [1.82, 2.24) is 15.1 Å². The number of hydrogen-bond acceptors (Lipinski definition) is 5. The molecule has 0 radical (unpaired) electrons. The van der Waals surface area contributed by atoms with Crippen LogP contribution in [0.5, 0.6) is 0 Å². The molecule has 3 amide bonds. The van der Waals surface area contributed by atoms with Crippen molar-refractivity contribution in [2.75, 3.05) is 26.2 Å². The van der Waals surface area contributed by atoms with Crippen LogP contribution in [0, 0.1) is 0 Å². The summed E-state index contributed by atoms with van der Waals surface area (Å²) in [5, 5.41) is 3.01. The highest BCUT2D eigenvalue weighted by Gasteiger charge is 2.35. The molecule has 0 spiro atoms. The minimum Gasteiger partial charge on any atom is -0.373 e. The van der Waals surface area contributed by atoms with Crippen LogP contribution in [-0.2, 0) is 9.53 Å². The summed E-state index contributed by atoms with van der Waals surface area (Å²) in [7, 11) is 0. The summed E-state index contributed by atoms with van der Waals surface area (Å²) in [6.45, 7) is 10.8. The van der Waals surface area contributed by atoms with Crippen molar-refractivity contribution in [3.05, 3.63) is 35.4 Å². The number of carbonyl (C=O) groups excluding carboxylic acids is 3. The van der Waals surface area contributed by atoms with Gasteiger partial charge in [0.1, 0.15) is 0 Å². The average Bonchev–Trinajstić information content (AvgIpc) is 2.91. The second kappa shape index (κ2) is 8.63. The number of amides is 3. The van der Waals surface area contributed by atoms with Gasteiger partial charge in [-0.3, -0.25) is 24.2 Å². The van der Waals surface area contributed by atoms with Crippen molar-refractivity contribution >= 4 is 17.7 Å². The van der Waals surface area contributed by atoms with Crippen LogP contribution >= 0.6 is 0 Å². The molecule has 7 heteroatoms. The van der Waals surface area contributed by atoms with Gasteiger partial charge in [0.2, 0.25) is 5.91 Å². The number of rotatable bonds is 7. The van der Waals surface area contributed by atoms with Crippen molar-refractivity contribution in [3.63, 3.8) is 0 Å². The number of nitrogens with one attached hydrogen (secondary N) is 1. The van der Waals surface area contributed by atoms with Gasteiger partial charge in [-0.1, -0.05) is 12.1 Å². The van der Waals surface area contributed by atoms with E-state index in [0.29, 0.717) is 24.1 Å². The molecule has 2 heterocycles. The molecule has 0 unspecified atom stereocenters. The molecule has 158 valence electrons. The van der Waals surface area contributed by atoms with Crippen molar-refractivity contribution in [2.45, 2.75) is 58.3 Å². The number of ether oxygens (including phenoxy) is 1. The van der Waals surface area contributed by atoms with Gasteiger partial charge in [0.05, 0.1) is 23.3 Å². The highest BCUT2D eigenvalue weighted by molar-refractivity contribution is 6.21. The molecule has 0 saturated carbocycles. The zero-order valence-electron chi connectivity index (χ0n) is 17.7. The SMILES string of the molecule is C[C@@H]1CN(C(C)(C)CNC(=O)CCCN2C(=O)c3ccccc3C2=O)C[C@H](C)O1. The first-order valence-electron chi connectivity index (χ1n) is 10.3. The van der Waals surface area contributed by atoms with Crippen LogP contribution in [0.1, 0.15) is 61.3 Å². The largest absolute Gasteiger partial charge is 0.373 e. The first kappa shape index (κ1) is 21.5.